The van der Waals surface area contributed by atoms with Crippen LogP contribution in [0.3, 0.4) is 0 Å². The van der Waals surface area contributed by atoms with Gasteiger partial charge in [-0.2, -0.15) is 4.98 Å². The van der Waals surface area contributed by atoms with Gasteiger partial charge in [0.15, 0.2) is 5.13 Å². The van der Waals surface area contributed by atoms with Crippen molar-refractivity contribution in [2.45, 2.75) is 50.8 Å². The Balaban J connectivity index is 1.32. The van der Waals surface area contributed by atoms with Crippen molar-refractivity contribution < 1.29 is 27.8 Å². The molecule has 1 aliphatic carbocycles. The van der Waals surface area contributed by atoms with Crippen LogP contribution in [-0.2, 0) is 11.2 Å². The Morgan fingerprint density at radius 1 is 1.03 bits per heavy atom. The number of hydrogen-bond acceptors (Lipinski definition) is 6. The van der Waals surface area contributed by atoms with Gasteiger partial charge in [-0.05, 0) is 60.7 Å². The largest absolute Gasteiger partial charge is 0.573 e. The standard InChI is InChI=1S/C24H24F3N3O3S/c25-24(26,27)33-19-12-10-17(11-13-19)28-21(31)14-20-22(32)30-23(34-20)29-18-8-6-16(7-9-18)15-4-2-1-3-5-15/h6-13,15,32H,1-5,14H2,(H,28,31)(H,29,30). The van der Waals surface area contributed by atoms with Crippen molar-refractivity contribution in [3.8, 4) is 11.6 Å². The molecule has 10 heteroatoms. The van der Waals surface area contributed by atoms with E-state index in [4.69, 9.17) is 0 Å². The first kappa shape index (κ1) is 23.9. The Bertz CT molecular complexity index is 1110. The molecule has 1 aromatic heterocycles. The van der Waals surface area contributed by atoms with Crippen molar-refractivity contribution in [2.24, 2.45) is 0 Å². The summed E-state index contributed by atoms with van der Waals surface area (Å²) in [6.07, 6.45) is 1.40. The number of aromatic hydroxyl groups is 1. The summed E-state index contributed by atoms with van der Waals surface area (Å²) in [4.78, 5) is 16.8. The molecule has 4 rings (SSSR count). The van der Waals surface area contributed by atoms with Crippen molar-refractivity contribution in [1.29, 1.82) is 0 Å². The van der Waals surface area contributed by atoms with Crippen LogP contribution in [0.5, 0.6) is 11.6 Å². The first-order valence-electron chi connectivity index (χ1n) is 11.0. The van der Waals surface area contributed by atoms with Crippen molar-refractivity contribution in [2.75, 3.05) is 10.6 Å². The Morgan fingerprint density at radius 3 is 2.32 bits per heavy atom. The summed E-state index contributed by atoms with van der Waals surface area (Å²) in [6.45, 7) is 0. The van der Waals surface area contributed by atoms with Crippen LogP contribution in [0.1, 0.15) is 48.5 Å². The van der Waals surface area contributed by atoms with Gasteiger partial charge in [0, 0.05) is 11.4 Å². The summed E-state index contributed by atoms with van der Waals surface area (Å²) in [5, 5.41) is 16.3. The Morgan fingerprint density at radius 2 is 1.68 bits per heavy atom. The zero-order valence-electron chi connectivity index (χ0n) is 18.2. The van der Waals surface area contributed by atoms with Gasteiger partial charge >= 0.3 is 6.36 Å². The SMILES string of the molecule is O=C(Cc1sc(Nc2ccc(C3CCCCC3)cc2)nc1O)Nc1ccc(OC(F)(F)F)cc1. The van der Waals surface area contributed by atoms with Crippen LogP contribution in [0.25, 0.3) is 0 Å². The normalized spacial score (nSPS) is 14.6. The molecule has 0 atom stereocenters. The van der Waals surface area contributed by atoms with Crippen LogP contribution in [0.15, 0.2) is 48.5 Å². The number of nitrogens with one attached hydrogen (secondary N) is 2. The quantitative estimate of drug-likeness (QED) is 0.342. The third kappa shape index (κ3) is 6.63. The van der Waals surface area contributed by atoms with Crippen LogP contribution in [0, 0.1) is 0 Å². The van der Waals surface area contributed by atoms with Gasteiger partial charge in [-0.1, -0.05) is 42.7 Å². The van der Waals surface area contributed by atoms with E-state index in [0.717, 1.165) is 29.2 Å². The summed E-state index contributed by atoms with van der Waals surface area (Å²) < 4.78 is 40.5. The minimum absolute atomic E-state index is 0.132. The van der Waals surface area contributed by atoms with E-state index in [-0.39, 0.29) is 18.1 Å². The number of rotatable bonds is 7. The maximum Gasteiger partial charge on any atom is 0.573 e. The summed E-state index contributed by atoms with van der Waals surface area (Å²) in [5.74, 6) is -0.444. The van der Waals surface area contributed by atoms with Crippen LogP contribution in [0.4, 0.5) is 29.7 Å². The van der Waals surface area contributed by atoms with Gasteiger partial charge in [0.05, 0.1) is 11.3 Å². The van der Waals surface area contributed by atoms with E-state index in [0.29, 0.717) is 21.6 Å². The Kier molecular flexibility index (Phi) is 7.26. The highest BCUT2D eigenvalue weighted by atomic mass is 32.1. The number of thiazole rings is 1. The molecule has 0 radical (unpaired) electrons. The number of hydrogen-bond donors (Lipinski definition) is 3. The topological polar surface area (TPSA) is 83.5 Å². The van der Waals surface area contributed by atoms with E-state index < -0.39 is 12.3 Å². The number of alkyl halides is 3. The number of carbonyl (C=O) groups is 1. The molecule has 1 fully saturated rings. The van der Waals surface area contributed by atoms with Gasteiger partial charge in [-0.15, -0.1) is 13.2 Å². The highest BCUT2D eigenvalue weighted by Gasteiger charge is 2.31. The fourth-order valence-electron chi connectivity index (χ4n) is 4.00. The predicted octanol–water partition coefficient (Wildman–Crippen LogP) is 6.72. The molecule has 0 bridgehead atoms. The number of nitrogens with zero attached hydrogens (tertiary/aromatic N) is 1. The van der Waals surface area contributed by atoms with E-state index in [1.54, 1.807) is 0 Å². The molecule has 180 valence electrons. The second-order valence-electron chi connectivity index (χ2n) is 8.14. The van der Waals surface area contributed by atoms with Crippen LogP contribution < -0.4 is 15.4 Å². The molecule has 1 heterocycles. The van der Waals surface area contributed by atoms with E-state index in [9.17, 15) is 23.1 Å². The summed E-state index contributed by atoms with van der Waals surface area (Å²) in [6, 6.07) is 13.0. The second kappa shape index (κ2) is 10.3. The molecular formula is C24H24F3N3O3S. The molecule has 6 nitrogen and oxygen atoms in total. The number of aromatic nitrogens is 1. The lowest BCUT2D eigenvalue weighted by Crippen LogP contribution is -2.17. The lowest BCUT2D eigenvalue weighted by molar-refractivity contribution is -0.274. The molecule has 0 spiro atoms. The van der Waals surface area contributed by atoms with Gasteiger partial charge in [0.1, 0.15) is 5.75 Å². The maximum atomic E-state index is 12.3. The highest BCUT2D eigenvalue weighted by Crippen LogP contribution is 2.34. The van der Waals surface area contributed by atoms with E-state index in [1.165, 1.54) is 49.8 Å². The molecule has 0 saturated heterocycles. The molecule has 3 aromatic rings. The average Bonchev–Trinajstić information content (AvgIpc) is 3.13. The van der Waals surface area contributed by atoms with Gasteiger partial charge in [0.25, 0.3) is 0 Å². The number of carbonyl (C=O) groups excluding carboxylic acids is 1. The molecule has 1 aliphatic rings. The Labute approximate surface area is 198 Å². The molecule has 0 aliphatic heterocycles. The average molecular weight is 492 g/mol. The fraction of sp³-hybridized carbons (Fsp3) is 0.333. The number of halogens is 3. The van der Waals surface area contributed by atoms with Crippen molar-refractivity contribution >= 4 is 33.8 Å². The first-order chi connectivity index (χ1) is 16.2. The molecule has 2 aromatic carbocycles. The van der Waals surface area contributed by atoms with Crippen molar-refractivity contribution in [3.05, 3.63) is 59.0 Å². The van der Waals surface area contributed by atoms with Crippen LogP contribution in [0.2, 0.25) is 0 Å². The number of benzene rings is 2. The molecule has 34 heavy (non-hydrogen) atoms. The van der Waals surface area contributed by atoms with Crippen molar-refractivity contribution in [3.63, 3.8) is 0 Å². The summed E-state index contributed by atoms with van der Waals surface area (Å²) in [7, 11) is 0. The minimum atomic E-state index is -4.78. The predicted molar refractivity (Wildman–Crippen MR) is 125 cm³/mol. The molecule has 1 amide bonds. The van der Waals surface area contributed by atoms with Crippen LogP contribution >= 0.6 is 11.3 Å². The number of anilines is 3. The van der Waals surface area contributed by atoms with Gasteiger partial charge in [-0.25, -0.2) is 0 Å². The lowest BCUT2D eigenvalue weighted by Gasteiger charge is -2.22. The minimum Gasteiger partial charge on any atom is -0.492 e. The van der Waals surface area contributed by atoms with Crippen molar-refractivity contribution in [1.82, 2.24) is 4.98 Å². The molecule has 1 saturated carbocycles. The zero-order valence-corrected chi connectivity index (χ0v) is 19.0. The van der Waals surface area contributed by atoms with Gasteiger partial charge in [-0.3, -0.25) is 4.79 Å². The van der Waals surface area contributed by atoms with Gasteiger partial charge in [0.2, 0.25) is 11.8 Å². The third-order valence-corrected chi connectivity index (χ3v) is 6.57. The van der Waals surface area contributed by atoms with E-state index in [2.05, 4.69) is 32.5 Å². The lowest BCUT2D eigenvalue weighted by atomic mass is 9.84. The highest BCUT2D eigenvalue weighted by molar-refractivity contribution is 7.16. The van der Waals surface area contributed by atoms with E-state index >= 15 is 0 Å². The number of amides is 1. The molecular weight excluding hydrogens is 467 g/mol. The monoisotopic (exact) mass is 491 g/mol. The molecule has 3 N–H and O–H groups in total. The molecule has 0 unspecified atom stereocenters. The van der Waals surface area contributed by atoms with Crippen LogP contribution in [-0.4, -0.2) is 22.4 Å². The smallest absolute Gasteiger partial charge is 0.492 e. The summed E-state index contributed by atoms with van der Waals surface area (Å²) >= 11 is 1.16. The summed E-state index contributed by atoms with van der Waals surface area (Å²) in [5.41, 5.74) is 2.48. The third-order valence-electron chi connectivity index (χ3n) is 5.61. The first-order valence-corrected chi connectivity index (χ1v) is 11.8. The second-order valence-corrected chi connectivity index (χ2v) is 9.23. The fourth-order valence-corrected chi connectivity index (χ4v) is 4.88. The Hall–Kier alpha value is -3.27. The van der Waals surface area contributed by atoms with E-state index in [1.807, 2.05) is 12.1 Å². The van der Waals surface area contributed by atoms with Gasteiger partial charge < -0.3 is 20.5 Å². The zero-order chi connectivity index (χ0) is 24.1. The maximum absolute atomic E-state index is 12.3. The number of ether oxygens (including phenoxy) is 1.